The van der Waals surface area contributed by atoms with Gasteiger partial charge >= 0.3 is 6.18 Å². The Hall–Kier alpha value is -3.28. The van der Waals surface area contributed by atoms with Crippen molar-refractivity contribution in [3.05, 3.63) is 71.1 Å². The number of methoxy groups -OCH3 is 1. The molecule has 1 N–H and O–H groups in total. The van der Waals surface area contributed by atoms with Gasteiger partial charge < -0.3 is 24.6 Å². The molecule has 1 aromatic carbocycles. The van der Waals surface area contributed by atoms with Crippen LogP contribution in [0.1, 0.15) is 41.6 Å². The second kappa shape index (κ2) is 12.0. The van der Waals surface area contributed by atoms with Crippen molar-refractivity contribution < 1.29 is 32.2 Å². The second-order valence-corrected chi connectivity index (χ2v) is 12.2. The number of pyridine rings is 1. The van der Waals surface area contributed by atoms with E-state index in [1.165, 1.54) is 0 Å². The van der Waals surface area contributed by atoms with E-state index >= 15 is 0 Å². The maximum atomic E-state index is 14.5. The van der Waals surface area contributed by atoms with E-state index in [0.29, 0.717) is 50.4 Å². The van der Waals surface area contributed by atoms with Gasteiger partial charge in [-0.1, -0.05) is 30.3 Å². The number of likely N-dealkylation sites (tertiary alicyclic amines) is 1. The number of carbonyl (C=O) groups is 2. The Bertz CT molecular complexity index is 1370. The van der Waals surface area contributed by atoms with Gasteiger partial charge in [-0.25, -0.2) is 0 Å². The number of ether oxygens (including phenoxy) is 2. The molecule has 5 atom stereocenters. The summed E-state index contributed by atoms with van der Waals surface area (Å²) in [5.41, 5.74) is 0.296. The van der Waals surface area contributed by atoms with Crippen molar-refractivity contribution in [2.45, 2.75) is 56.6 Å². The molecular weight excluding hydrogens is 561 g/mol. The van der Waals surface area contributed by atoms with Crippen LogP contribution in [0.25, 0.3) is 6.08 Å². The third-order valence-corrected chi connectivity index (χ3v) is 9.54. The zero-order valence-electron chi connectivity index (χ0n) is 24.2. The molecule has 3 fully saturated rings. The predicted octanol–water partition coefficient (Wildman–Crippen LogP) is 3.70. The molecule has 3 aliphatic heterocycles. The lowest BCUT2D eigenvalue weighted by Gasteiger charge is -2.37. The average Bonchev–Trinajstić information content (AvgIpc) is 3.54. The molecule has 2 aromatic rings. The Morgan fingerprint density at radius 3 is 2.79 bits per heavy atom. The number of carbonyl (C=O) groups excluding carboxylic acids is 2. The molecule has 2 saturated heterocycles. The normalized spacial score (nSPS) is 29.1. The van der Waals surface area contributed by atoms with Crippen LogP contribution in [-0.2, 0) is 38.2 Å². The largest absolute Gasteiger partial charge is 0.417 e. The van der Waals surface area contributed by atoms with Crippen molar-refractivity contribution in [3.8, 4) is 0 Å². The molecule has 8 nitrogen and oxygen atoms in total. The minimum Gasteiger partial charge on any atom is -0.379 e. The van der Waals surface area contributed by atoms with E-state index < -0.39 is 17.2 Å². The van der Waals surface area contributed by atoms with Gasteiger partial charge in [0, 0.05) is 76.4 Å². The van der Waals surface area contributed by atoms with Crippen LogP contribution < -0.4 is 5.32 Å². The van der Waals surface area contributed by atoms with Gasteiger partial charge in [-0.2, -0.15) is 13.2 Å². The Labute approximate surface area is 249 Å². The van der Waals surface area contributed by atoms with Gasteiger partial charge in [-0.15, -0.1) is 0 Å². The Morgan fingerprint density at radius 2 is 2.02 bits per heavy atom. The summed E-state index contributed by atoms with van der Waals surface area (Å²) >= 11 is 0. The molecule has 0 radical (unpaired) electrons. The maximum absolute atomic E-state index is 14.5. The fraction of sp³-hybridized carbons (Fsp3) is 0.531. The lowest BCUT2D eigenvalue weighted by Crippen LogP contribution is -2.52. The first kappa shape index (κ1) is 29.8. The van der Waals surface area contributed by atoms with Gasteiger partial charge in [0.05, 0.1) is 23.7 Å². The first-order valence-electron chi connectivity index (χ1n) is 14.9. The second-order valence-electron chi connectivity index (χ2n) is 12.2. The van der Waals surface area contributed by atoms with E-state index in [1.807, 2.05) is 30.3 Å². The summed E-state index contributed by atoms with van der Waals surface area (Å²) in [5, 5.41) is 3.73. The first-order valence-corrected chi connectivity index (χ1v) is 14.9. The molecule has 1 aliphatic carbocycles. The molecule has 0 bridgehead atoms. The van der Waals surface area contributed by atoms with E-state index in [9.17, 15) is 22.8 Å². The number of nitrogens with zero attached hydrogens (tertiary/aromatic N) is 3. The number of hydrogen-bond acceptors (Lipinski definition) is 6. The minimum absolute atomic E-state index is 0.0439. The molecular formula is C32H37F3N4O4. The van der Waals surface area contributed by atoms with Crippen molar-refractivity contribution in [1.82, 2.24) is 20.1 Å². The van der Waals surface area contributed by atoms with E-state index in [0.717, 1.165) is 30.7 Å². The zero-order valence-corrected chi connectivity index (χ0v) is 24.2. The van der Waals surface area contributed by atoms with Crippen LogP contribution in [0.2, 0.25) is 0 Å². The lowest BCUT2D eigenvalue weighted by atomic mass is 9.78. The van der Waals surface area contributed by atoms with Crippen molar-refractivity contribution in [2.75, 3.05) is 40.0 Å². The summed E-state index contributed by atoms with van der Waals surface area (Å²) < 4.78 is 51.5. The lowest BCUT2D eigenvalue weighted by molar-refractivity contribution is -0.144. The highest BCUT2D eigenvalue weighted by Crippen LogP contribution is 2.51. The minimum atomic E-state index is -4.51. The van der Waals surface area contributed by atoms with Crippen LogP contribution in [0.15, 0.2) is 48.7 Å². The number of benzene rings is 1. The summed E-state index contributed by atoms with van der Waals surface area (Å²) in [6.45, 7) is 2.32. The smallest absolute Gasteiger partial charge is 0.379 e. The maximum Gasteiger partial charge on any atom is 0.417 e. The highest BCUT2D eigenvalue weighted by atomic mass is 19.4. The highest BCUT2D eigenvalue weighted by molar-refractivity contribution is 5.93. The average molecular weight is 599 g/mol. The number of rotatable bonds is 6. The molecule has 43 heavy (non-hydrogen) atoms. The number of hydrogen-bond donors (Lipinski definition) is 1. The van der Waals surface area contributed by atoms with Gasteiger partial charge in [0.15, 0.2) is 0 Å². The molecule has 11 heteroatoms. The molecule has 1 aromatic heterocycles. The van der Waals surface area contributed by atoms with Crippen molar-refractivity contribution in [3.63, 3.8) is 0 Å². The van der Waals surface area contributed by atoms with Crippen LogP contribution in [0.3, 0.4) is 0 Å². The van der Waals surface area contributed by atoms with Gasteiger partial charge in [0.2, 0.25) is 11.8 Å². The van der Waals surface area contributed by atoms with Gasteiger partial charge in [0.25, 0.3) is 0 Å². The Balaban J connectivity index is 1.23. The van der Waals surface area contributed by atoms with Crippen LogP contribution in [0.4, 0.5) is 13.2 Å². The van der Waals surface area contributed by atoms with E-state index in [4.69, 9.17) is 9.47 Å². The SMILES string of the molecule is CO[C@@H]1COCC[C@@H]1N[C@@H]1C[C@H]2CN(C(=O)/C=C/c3ccccc3)C[C@@]2(C(=O)N2CCc3ncc(C(F)(F)F)cc3C2)C1. The fourth-order valence-corrected chi connectivity index (χ4v) is 7.34. The molecule has 2 amide bonds. The van der Waals surface area contributed by atoms with E-state index in [1.54, 1.807) is 29.1 Å². The Morgan fingerprint density at radius 1 is 1.21 bits per heavy atom. The van der Waals surface area contributed by atoms with Crippen LogP contribution in [0, 0.1) is 11.3 Å². The summed E-state index contributed by atoms with van der Waals surface area (Å²) in [4.78, 5) is 35.3. The molecule has 230 valence electrons. The number of halogens is 3. The quantitative estimate of drug-likeness (QED) is 0.511. The molecule has 4 aliphatic rings. The number of fused-ring (bicyclic) bond motifs is 2. The molecule has 4 heterocycles. The molecule has 0 spiro atoms. The van der Waals surface area contributed by atoms with E-state index in [-0.39, 0.29) is 49.0 Å². The molecule has 1 saturated carbocycles. The van der Waals surface area contributed by atoms with Crippen LogP contribution >= 0.6 is 0 Å². The van der Waals surface area contributed by atoms with E-state index in [2.05, 4.69) is 10.3 Å². The number of amides is 2. The number of nitrogens with one attached hydrogen (secondary N) is 1. The topological polar surface area (TPSA) is 84.0 Å². The predicted molar refractivity (Wildman–Crippen MR) is 153 cm³/mol. The summed E-state index contributed by atoms with van der Waals surface area (Å²) in [6.07, 6.45) is 2.05. The van der Waals surface area contributed by atoms with Gasteiger partial charge in [0.1, 0.15) is 0 Å². The number of aromatic nitrogens is 1. The number of alkyl halides is 3. The van der Waals surface area contributed by atoms with Crippen LogP contribution in [-0.4, -0.2) is 84.7 Å². The van der Waals surface area contributed by atoms with Crippen LogP contribution in [0.5, 0.6) is 0 Å². The molecule has 0 unspecified atom stereocenters. The third-order valence-electron chi connectivity index (χ3n) is 9.54. The zero-order chi connectivity index (χ0) is 30.2. The van der Waals surface area contributed by atoms with Crippen molar-refractivity contribution in [1.29, 1.82) is 0 Å². The van der Waals surface area contributed by atoms with Gasteiger partial charge in [-0.3, -0.25) is 14.6 Å². The fourth-order valence-electron chi connectivity index (χ4n) is 7.34. The first-order chi connectivity index (χ1) is 20.7. The standard InChI is InChI=1S/C32H37F3N4O4/c1-42-28-19-43-12-10-27(28)37-25-14-24-18-39(29(40)8-7-21-5-3-2-4-6-21)20-31(24,15-25)30(41)38-11-9-26-22(17-38)13-23(16-36-26)32(33,34)35/h2-8,13,16,24-25,27-28,37H,9-12,14-15,17-20H2,1H3/b8-7+/t24-,25+,27-,28+,31-/m0/s1. The monoisotopic (exact) mass is 598 g/mol. The van der Waals surface area contributed by atoms with Crippen molar-refractivity contribution >= 4 is 17.9 Å². The summed E-state index contributed by atoms with van der Waals surface area (Å²) in [6, 6.07) is 10.8. The van der Waals surface area contributed by atoms with Gasteiger partial charge in [-0.05, 0) is 48.4 Å². The highest BCUT2D eigenvalue weighted by Gasteiger charge is 2.59. The Kier molecular flexibility index (Phi) is 8.32. The summed E-state index contributed by atoms with van der Waals surface area (Å²) in [7, 11) is 1.67. The summed E-state index contributed by atoms with van der Waals surface area (Å²) in [5.74, 6) is -0.322. The third kappa shape index (κ3) is 6.07. The molecule has 6 rings (SSSR count). The van der Waals surface area contributed by atoms with Crippen molar-refractivity contribution in [2.24, 2.45) is 11.3 Å².